The van der Waals surface area contributed by atoms with E-state index in [2.05, 4.69) is 40.7 Å². The number of thiophene rings is 1. The summed E-state index contributed by atoms with van der Waals surface area (Å²) in [6.45, 7) is 7.51. The van der Waals surface area contributed by atoms with E-state index < -0.39 is 0 Å². The second-order valence-electron chi connectivity index (χ2n) is 8.14. The Morgan fingerprint density at radius 3 is 2.54 bits per heavy atom. The Kier molecular flexibility index (Phi) is 7.24. The number of halogens is 1. The van der Waals surface area contributed by atoms with E-state index in [-0.39, 0.29) is 5.91 Å². The van der Waals surface area contributed by atoms with Crippen LogP contribution in [0.5, 0.6) is 0 Å². The Morgan fingerprint density at radius 2 is 1.77 bits per heavy atom. The number of nitrogens with zero attached hydrogens (tertiary/aromatic N) is 4. The first-order valence-electron chi connectivity index (χ1n) is 11.6. The number of amides is 1. The van der Waals surface area contributed by atoms with Gasteiger partial charge in [0, 0.05) is 22.9 Å². The van der Waals surface area contributed by atoms with Gasteiger partial charge in [0.1, 0.15) is 0 Å². The summed E-state index contributed by atoms with van der Waals surface area (Å²) < 4.78 is 2.05. The lowest BCUT2D eigenvalue weighted by Crippen LogP contribution is -2.39. The van der Waals surface area contributed by atoms with Crippen molar-refractivity contribution >= 4 is 70.8 Å². The van der Waals surface area contributed by atoms with Gasteiger partial charge in [-0.25, -0.2) is 9.97 Å². The predicted molar refractivity (Wildman–Crippen MR) is 152 cm³/mol. The van der Waals surface area contributed by atoms with E-state index in [1.807, 2.05) is 64.9 Å². The monoisotopic (exact) mass is 564 g/mol. The first-order valence-corrected chi connectivity index (χ1v) is 14.1. The van der Waals surface area contributed by atoms with E-state index >= 15 is 0 Å². The third-order valence-electron chi connectivity index (χ3n) is 6.07. The number of thiazole rings is 1. The fourth-order valence-corrected chi connectivity index (χ4v) is 6.34. The molecular weight excluding hydrogens is 540 g/mol. The molecule has 0 unspecified atom stereocenters. The smallest absolute Gasteiger partial charge is 0.260 e. The van der Waals surface area contributed by atoms with Gasteiger partial charge in [0.15, 0.2) is 5.13 Å². The van der Waals surface area contributed by atoms with Gasteiger partial charge >= 0.3 is 0 Å². The molecule has 0 aliphatic heterocycles. The van der Waals surface area contributed by atoms with E-state index in [1.165, 1.54) is 0 Å². The van der Waals surface area contributed by atoms with Crippen LogP contribution in [-0.2, 0) is 0 Å². The number of carbonyl (C=O) groups excluding carboxylic acids is 1. The molecule has 5 rings (SSSR count). The molecule has 0 radical (unpaired) electrons. The molecule has 0 saturated carbocycles. The van der Waals surface area contributed by atoms with Crippen LogP contribution in [0, 0.1) is 0 Å². The van der Waals surface area contributed by atoms with Crippen LogP contribution >= 0.6 is 38.6 Å². The van der Waals surface area contributed by atoms with Crippen LogP contribution in [0.4, 0.5) is 5.13 Å². The van der Waals surface area contributed by atoms with Crippen molar-refractivity contribution in [3.63, 3.8) is 0 Å². The highest BCUT2D eigenvalue weighted by Crippen LogP contribution is 2.34. The SMILES string of the molecule is CCN(CC)CCN(C(=O)c1cc(-c2cccs2)nc2ccccc12)c1nc2ccc(Br)cc2s1. The molecule has 0 aliphatic rings. The highest BCUT2D eigenvalue weighted by atomic mass is 79.9. The van der Waals surface area contributed by atoms with Gasteiger partial charge in [-0.15, -0.1) is 11.3 Å². The van der Waals surface area contributed by atoms with Gasteiger partial charge in [-0.3, -0.25) is 9.69 Å². The molecule has 0 aliphatic carbocycles. The minimum atomic E-state index is -0.0494. The molecule has 1 amide bonds. The first-order chi connectivity index (χ1) is 17.1. The number of hydrogen-bond acceptors (Lipinski definition) is 6. The summed E-state index contributed by atoms with van der Waals surface area (Å²) >= 11 is 6.73. The van der Waals surface area contributed by atoms with Crippen molar-refractivity contribution in [1.82, 2.24) is 14.9 Å². The lowest BCUT2D eigenvalue weighted by Gasteiger charge is -2.25. The Morgan fingerprint density at radius 1 is 0.943 bits per heavy atom. The highest BCUT2D eigenvalue weighted by Gasteiger charge is 2.25. The van der Waals surface area contributed by atoms with Gasteiger partial charge in [0.25, 0.3) is 5.91 Å². The van der Waals surface area contributed by atoms with E-state index in [0.717, 1.165) is 55.8 Å². The van der Waals surface area contributed by atoms with E-state index in [4.69, 9.17) is 9.97 Å². The van der Waals surface area contributed by atoms with E-state index in [9.17, 15) is 4.79 Å². The average molecular weight is 566 g/mol. The Hall–Kier alpha value is -2.65. The molecular formula is C27H25BrN4OS2. The summed E-state index contributed by atoms with van der Waals surface area (Å²) in [5.74, 6) is -0.0494. The quantitative estimate of drug-likeness (QED) is 0.198. The predicted octanol–water partition coefficient (Wildman–Crippen LogP) is 7.32. The van der Waals surface area contributed by atoms with Gasteiger partial charge < -0.3 is 4.90 Å². The largest absolute Gasteiger partial charge is 0.302 e. The number of para-hydroxylation sites is 1. The molecule has 35 heavy (non-hydrogen) atoms. The topological polar surface area (TPSA) is 49.3 Å². The second-order valence-corrected chi connectivity index (χ2v) is 11.0. The molecule has 0 bridgehead atoms. The van der Waals surface area contributed by atoms with Gasteiger partial charge in [-0.05, 0) is 54.9 Å². The number of pyridine rings is 1. The number of carbonyl (C=O) groups is 1. The lowest BCUT2D eigenvalue weighted by atomic mass is 10.1. The molecule has 3 aromatic heterocycles. The van der Waals surface area contributed by atoms with Crippen LogP contribution in [0.15, 0.2) is 70.5 Å². The van der Waals surface area contributed by atoms with Crippen LogP contribution in [0.2, 0.25) is 0 Å². The van der Waals surface area contributed by atoms with Gasteiger partial charge in [0.05, 0.1) is 31.9 Å². The van der Waals surface area contributed by atoms with E-state index in [0.29, 0.717) is 17.2 Å². The third-order valence-corrected chi connectivity index (χ3v) is 8.50. The third kappa shape index (κ3) is 5.02. The van der Waals surface area contributed by atoms with Crippen LogP contribution in [0.25, 0.3) is 31.7 Å². The summed E-state index contributed by atoms with van der Waals surface area (Å²) in [6, 6.07) is 19.9. The minimum absolute atomic E-state index is 0.0494. The van der Waals surface area contributed by atoms with Gasteiger partial charge in [-0.1, -0.05) is 65.4 Å². The van der Waals surface area contributed by atoms with Crippen molar-refractivity contribution in [1.29, 1.82) is 0 Å². The van der Waals surface area contributed by atoms with Crippen molar-refractivity contribution in [2.75, 3.05) is 31.1 Å². The molecule has 8 heteroatoms. The molecule has 2 aromatic carbocycles. The van der Waals surface area contributed by atoms with Crippen LogP contribution < -0.4 is 4.90 Å². The summed E-state index contributed by atoms with van der Waals surface area (Å²) in [5, 5.41) is 3.60. The standard InChI is InChI=1S/C27H25BrN4OS2/c1-3-31(4-2)13-14-32(27-30-22-12-11-18(28)16-25(22)35-27)26(33)20-17-23(24-10-7-15-34-24)29-21-9-6-5-8-19(20)21/h5-12,15-17H,3-4,13-14H2,1-2H3. The van der Waals surface area contributed by atoms with Crippen LogP contribution in [0.1, 0.15) is 24.2 Å². The number of aromatic nitrogens is 2. The zero-order valence-corrected chi connectivity index (χ0v) is 22.8. The first kappa shape index (κ1) is 24.1. The van der Waals surface area contributed by atoms with Crippen molar-refractivity contribution < 1.29 is 4.79 Å². The number of fused-ring (bicyclic) bond motifs is 2. The van der Waals surface area contributed by atoms with Crippen LogP contribution in [-0.4, -0.2) is 47.0 Å². The molecule has 178 valence electrons. The Labute approximate surface area is 221 Å². The summed E-state index contributed by atoms with van der Waals surface area (Å²) in [4.78, 5) is 29.2. The van der Waals surface area contributed by atoms with Crippen molar-refractivity contribution in [3.05, 3.63) is 76.1 Å². The van der Waals surface area contributed by atoms with Gasteiger partial charge in [0.2, 0.25) is 0 Å². The molecule has 0 N–H and O–H groups in total. The second kappa shape index (κ2) is 10.5. The van der Waals surface area contributed by atoms with Crippen molar-refractivity contribution in [2.45, 2.75) is 13.8 Å². The molecule has 0 fully saturated rings. The molecule has 0 spiro atoms. The normalized spacial score (nSPS) is 11.5. The number of likely N-dealkylation sites (N-methyl/N-ethyl adjacent to an activating group) is 1. The maximum atomic E-state index is 14.3. The summed E-state index contributed by atoms with van der Waals surface area (Å²) in [5.41, 5.74) is 3.18. The van der Waals surface area contributed by atoms with E-state index in [1.54, 1.807) is 22.7 Å². The summed E-state index contributed by atoms with van der Waals surface area (Å²) in [6.07, 6.45) is 0. The lowest BCUT2D eigenvalue weighted by molar-refractivity contribution is 0.0985. The molecule has 3 heterocycles. The summed E-state index contributed by atoms with van der Waals surface area (Å²) in [7, 11) is 0. The molecule has 0 atom stereocenters. The number of hydrogen-bond donors (Lipinski definition) is 0. The zero-order valence-electron chi connectivity index (χ0n) is 19.6. The zero-order chi connectivity index (χ0) is 24.4. The minimum Gasteiger partial charge on any atom is -0.302 e. The number of benzene rings is 2. The Balaban J connectivity index is 1.62. The molecule has 5 aromatic rings. The van der Waals surface area contributed by atoms with Crippen LogP contribution in [0.3, 0.4) is 0 Å². The molecule has 5 nitrogen and oxygen atoms in total. The van der Waals surface area contributed by atoms with Gasteiger partial charge in [-0.2, -0.15) is 0 Å². The number of rotatable bonds is 8. The fraction of sp³-hybridized carbons (Fsp3) is 0.222. The maximum absolute atomic E-state index is 14.3. The fourth-order valence-electron chi connectivity index (χ4n) is 4.12. The Bertz CT molecular complexity index is 1480. The number of anilines is 1. The molecule has 0 saturated heterocycles. The van der Waals surface area contributed by atoms with Crippen molar-refractivity contribution in [2.24, 2.45) is 0 Å². The highest BCUT2D eigenvalue weighted by molar-refractivity contribution is 9.10. The average Bonchev–Trinajstić information content (AvgIpc) is 3.56. The maximum Gasteiger partial charge on any atom is 0.260 e. The van der Waals surface area contributed by atoms with Crippen molar-refractivity contribution in [3.8, 4) is 10.6 Å².